The number of ether oxygens (including phenoxy) is 2. The molecule has 0 spiro atoms. The second-order valence-corrected chi connectivity index (χ2v) is 6.17. The van der Waals surface area contributed by atoms with Crippen molar-refractivity contribution < 1.29 is 18.7 Å². The van der Waals surface area contributed by atoms with E-state index in [0.29, 0.717) is 11.3 Å². The lowest BCUT2D eigenvalue weighted by Crippen LogP contribution is -2.36. The molecule has 22 heavy (non-hydrogen) atoms. The Hall–Kier alpha value is -1.53. The number of benzene rings is 1. The van der Waals surface area contributed by atoms with E-state index < -0.39 is 23.4 Å². The summed E-state index contributed by atoms with van der Waals surface area (Å²) < 4.78 is 24.0. The van der Waals surface area contributed by atoms with Gasteiger partial charge in [-0.3, -0.25) is 0 Å². The van der Waals surface area contributed by atoms with E-state index in [1.807, 2.05) is 0 Å². The topological polar surface area (TPSA) is 73.6 Å². The SMILES string of the molecule is COc1ccc(F)c(Cl)c1C(CN)CNC(=O)OC(C)(C)C. The zero-order chi connectivity index (χ0) is 16.9. The van der Waals surface area contributed by atoms with Crippen LogP contribution in [0.15, 0.2) is 12.1 Å². The Balaban J connectivity index is 2.89. The van der Waals surface area contributed by atoms with Crippen molar-refractivity contribution in [1.29, 1.82) is 0 Å². The summed E-state index contributed by atoms with van der Waals surface area (Å²) in [6.45, 7) is 5.61. The summed E-state index contributed by atoms with van der Waals surface area (Å²) in [6, 6.07) is 2.70. The molecule has 0 fully saturated rings. The monoisotopic (exact) mass is 332 g/mol. The van der Waals surface area contributed by atoms with E-state index in [9.17, 15) is 9.18 Å². The molecule has 1 unspecified atom stereocenters. The fourth-order valence-corrected chi connectivity index (χ4v) is 2.24. The standard InChI is InChI=1S/C15H22ClFN2O3/c1-15(2,3)22-14(20)19-8-9(7-18)12-11(21-4)6-5-10(17)13(12)16/h5-6,9H,7-8,18H2,1-4H3,(H,19,20). The van der Waals surface area contributed by atoms with Crippen LogP contribution >= 0.6 is 11.6 Å². The lowest BCUT2D eigenvalue weighted by atomic mass is 9.97. The molecule has 1 amide bonds. The van der Waals surface area contributed by atoms with Crippen molar-refractivity contribution in [1.82, 2.24) is 5.32 Å². The third-order valence-corrected chi connectivity index (χ3v) is 3.28. The minimum absolute atomic E-state index is 0.0548. The average Bonchev–Trinajstić information content (AvgIpc) is 2.42. The molecule has 0 aromatic heterocycles. The quantitative estimate of drug-likeness (QED) is 0.869. The highest BCUT2D eigenvalue weighted by Crippen LogP contribution is 2.34. The smallest absolute Gasteiger partial charge is 0.407 e. The third-order valence-electron chi connectivity index (χ3n) is 2.90. The van der Waals surface area contributed by atoms with Gasteiger partial charge in [-0.2, -0.15) is 0 Å². The first-order valence-electron chi connectivity index (χ1n) is 6.88. The molecule has 0 aliphatic carbocycles. The van der Waals surface area contributed by atoms with Gasteiger partial charge in [0.1, 0.15) is 17.2 Å². The molecule has 0 saturated heterocycles. The molecule has 0 saturated carbocycles. The number of hydrogen-bond donors (Lipinski definition) is 2. The van der Waals surface area contributed by atoms with Gasteiger partial charge in [-0.05, 0) is 32.9 Å². The highest BCUT2D eigenvalue weighted by Gasteiger charge is 2.23. The first-order chi connectivity index (χ1) is 10.2. The molecule has 1 rings (SSSR count). The van der Waals surface area contributed by atoms with Crippen LogP contribution in [0.5, 0.6) is 5.75 Å². The van der Waals surface area contributed by atoms with Crippen LogP contribution in [0.3, 0.4) is 0 Å². The van der Waals surface area contributed by atoms with Gasteiger partial charge >= 0.3 is 6.09 Å². The lowest BCUT2D eigenvalue weighted by Gasteiger charge is -2.23. The van der Waals surface area contributed by atoms with E-state index in [1.165, 1.54) is 19.2 Å². The Labute approximate surface area is 134 Å². The number of alkyl carbamates (subject to hydrolysis) is 1. The van der Waals surface area contributed by atoms with Gasteiger partial charge in [-0.1, -0.05) is 11.6 Å². The van der Waals surface area contributed by atoms with Crippen molar-refractivity contribution >= 4 is 17.7 Å². The Kier molecular flexibility index (Phi) is 6.44. The van der Waals surface area contributed by atoms with E-state index in [4.69, 9.17) is 26.8 Å². The molecular weight excluding hydrogens is 311 g/mol. The molecule has 124 valence electrons. The van der Waals surface area contributed by atoms with Crippen molar-refractivity contribution in [2.45, 2.75) is 32.3 Å². The molecule has 0 aliphatic heterocycles. The molecule has 0 heterocycles. The molecule has 0 aliphatic rings. The Morgan fingerprint density at radius 3 is 2.59 bits per heavy atom. The largest absolute Gasteiger partial charge is 0.496 e. The zero-order valence-electron chi connectivity index (χ0n) is 13.2. The minimum atomic E-state index is -0.601. The number of rotatable bonds is 5. The van der Waals surface area contributed by atoms with Crippen molar-refractivity contribution in [2.75, 3.05) is 20.2 Å². The highest BCUT2D eigenvalue weighted by atomic mass is 35.5. The van der Waals surface area contributed by atoms with Crippen LogP contribution in [0, 0.1) is 5.82 Å². The average molecular weight is 333 g/mol. The van der Waals surface area contributed by atoms with Crippen LogP contribution in [0.2, 0.25) is 5.02 Å². The third kappa shape index (κ3) is 5.03. The molecule has 5 nitrogen and oxygen atoms in total. The van der Waals surface area contributed by atoms with Gasteiger partial charge in [-0.15, -0.1) is 0 Å². The van der Waals surface area contributed by atoms with Crippen molar-refractivity contribution in [3.05, 3.63) is 28.5 Å². The predicted octanol–water partition coefficient (Wildman–Crippen LogP) is 3.05. The summed E-state index contributed by atoms with van der Waals surface area (Å²) in [5.41, 5.74) is 5.56. The molecule has 0 bridgehead atoms. The van der Waals surface area contributed by atoms with Crippen molar-refractivity contribution in [2.24, 2.45) is 5.73 Å². The fraction of sp³-hybridized carbons (Fsp3) is 0.533. The summed E-state index contributed by atoms with van der Waals surface area (Å²) in [6.07, 6.45) is -0.572. The van der Waals surface area contributed by atoms with Gasteiger partial charge in [0, 0.05) is 24.6 Å². The van der Waals surface area contributed by atoms with Crippen LogP contribution in [-0.4, -0.2) is 31.9 Å². The van der Waals surface area contributed by atoms with Gasteiger partial charge in [0.15, 0.2) is 0 Å². The summed E-state index contributed by atoms with van der Waals surface area (Å²) in [4.78, 5) is 11.7. The van der Waals surface area contributed by atoms with E-state index in [-0.39, 0.29) is 18.1 Å². The van der Waals surface area contributed by atoms with Crippen LogP contribution in [-0.2, 0) is 4.74 Å². The van der Waals surface area contributed by atoms with Gasteiger partial charge in [-0.25, -0.2) is 9.18 Å². The van der Waals surface area contributed by atoms with E-state index >= 15 is 0 Å². The summed E-state index contributed by atoms with van der Waals surface area (Å²) in [5.74, 6) is -0.535. The second-order valence-electron chi connectivity index (χ2n) is 5.79. The Bertz CT molecular complexity index is 532. The van der Waals surface area contributed by atoms with E-state index in [1.54, 1.807) is 20.8 Å². The Morgan fingerprint density at radius 1 is 1.45 bits per heavy atom. The Morgan fingerprint density at radius 2 is 2.09 bits per heavy atom. The minimum Gasteiger partial charge on any atom is -0.496 e. The molecule has 1 aromatic rings. The number of methoxy groups -OCH3 is 1. The lowest BCUT2D eigenvalue weighted by molar-refractivity contribution is 0.0524. The highest BCUT2D eigenvalue weighted by molar-refractivity contribution is 6.31. The van der Waals surface area contributed by atoms with Gasteiger partial charge in [0.05, 0.1) is 12.1 Å². The number of amides is 1. The second kappa shape index (κ2) is 7.65. The number of nitrogens with one attached hydrogen (secondary N) is 1. The van der Waals surface area contributed by atoms with Crippen LogP contribution < -0.4 is 15.8 Å². The number of carbonyl (C=O) groups excluding carboxylic acids is 1. The molecular formula is C15H22ClFN2O3. The molecule has 1 atom stereocenters. The van der Waals surface area contributed by atoms with Gasteiger partial charge in [0.2, 0.25) is 0 Å². The molecule has 7 heteroatoms. The molecule has 1 aromatic carbocycles. The predicted molar refractivity (Wildman–Crippen MR) is 84.0 cm³/mol. The van der Waals surface area contributed by atoms with E-state index in [0.717, 1.165) is 0 Å². The number of nitrogens with two attached hydrogens (primary N) is 1. The normalized spacial score (nSPS) is 12.7. The summed E-state index contributed by atoms with van der Waals surface area (Å²) >= 11 is 6.02. The van der Waals surface area contributed by atoms with Crippen molar-refractivity contribution in [3.8, 4) is 5.75 Å². The number of hydrogen-bond acceptors (Lipinski definition) is 4. The van der Waals surface area contributed by atoms with Crippen LogP contribution in [0.25, 0.3) is 0 Å². The zero-order valence-corrected chi connectivity index (χ0v) is 14.0. The van der Waals surface area contributed by atoms with E-state index in [2.05, 4.69) is 5.32 Å². The summed E-state index contributed by atoms with van der Waals surface area (Å²) in [5, 5.41) is 2.55. The number of carbonyl (C=O) groups is 1. The number of halogens is 2. The van der Waals surface area contributed by atoms with Crippen molar-refractivity contribution in [3.63, 3.8) is 0 Å². The maximum atomic E-state index is 13.7. The molecule has 0 radical (unpaired) electrons. The maximum Gasteiger partial charge on any atom is 0.407 e. The first kappa shape index (κ1) is 18.5. The van der Waals surface area contributed by atoms with Crippen LogP contribution in [0.4, 0.5) is 9.18 Å². The maximum absolute atomic E-state index is 13.7. The van der Waals surface area contributed by atoms with Gasteiger partial charge < -0.3 is 20.5 Å². The summed E-state index contributed by atoms with van der Waals surface area (Å²) in [7, 11) is 1.46. The van der Waals surface area contributed by atoms with Gasteiger partial charge in [0.25, 0.3) is 0 Å². The first-order valence-corrected chi connectivity index (χ1v) is 7.26. The van der Waals surface area contributed by atoms with Crippen LogP contribution in [0.1, 0.15) is 32.3 Å². The fourth-order valence-electron chi connectivity index (χ4n) is 1.93. The molecule has 3 N–H and O–H groups in total.